The van der Waals surface area contributed by atoms with E-state index in [-0.39, 0.29) is 18.1 Å². The molecule has 0 aromatic carbocycles. The van der Waals surface area contributed by atoms with Gasteiger partial charge in [-0.15, -0.1) is 0 Å². The molecule has 1 rings (SSSR count). The van der Waals surface area contributed by atoms with E-state index in [0.717, 1.165) is 13.1 Å². The first-order chi connectivity index (χ1) is 6.12. The fraction of sp³-hybridized carbons (Fsp3) is 1.00. The molecule has 1 fully saturated rings. The Kier molecular flexibility index (Phi) is 3.71. The van der Waals surface area contributed by atoms with Crippen molar-refractivity contribution in [1.29, 1.82) is 0 Å². The van der Waals surface area contributed by atoms with Crippen molar-refractivity contribution in [2.75, 3.05) is 26.2 Å². The number of aliphatic hydroxyl groups is 1. The summed E-state index contributed by atoms with van der Waals surface area (Å²) in [7, 11) is 0. The highest BCUT2D eigenvalue weighted by Crippen LogP contribution is 2.27. The molecule has 78 valence electrons. The van der Waals surface area contributed by atoms with E-state index < -0.39 is 0 Å². The van der Waals surface area contributed by atoms with Crippen LogP contribution in [0.3, 0.4) is 0 Å². The molecule has 13 heavy (non-hydrogen) atoms. The Morgan fingerprint density at radius 3 is 2.31 bits per heavy atom. The third kappa shape index (κ3) is 2.22. The summed E-state index contributed by atoms with van der Waals surface area (Å²) in [5, 5.41) is 9.22. The van der Waals surface area contributed by atoms with Gasteiger partial charge >= 0.3 is 0 Å². The van der Waals surface area contributed by atoms with Crippen LogP contribution in [0.5, 0.6) is 0 Å². The van der Waals surface area contributed by atoms with Gasteiger partial charge in [-0.1, -0.05) is 0 Å². The highest BCUT2D eigenvalue weighted by molar-refractivity contribution is 4.90. The Morgan fingerprint density at radius 1 is 1.38 bits per heavy atom. The molecule has 0 aromatic rings. The number of nitrogens with two attached hydrogens (primary N) is 1. The monoisotopic (exact) mass is 186 g/mol. The number of hydrogen-bond acceptors (Lipinski definition) is 3. The Hall–Kier alpha value is -0.120. The number of likely N-dealkylation sites (tertiary alicyclic amines) is 1. The predicted molar refractivity (Wildman–Crippen MR) is 54.5 cm³/mol. The second kappa shape index (κ2) is 4.40. The smallest absolute Gasteiger partial charge is 0.0488 e. The van der Waals surface area contributed by atoms with Gasteiger partial charge in [0.2, 0.25) is 0 Å². The molecule has 1 aliphatic rings. The lowest BCUT2D eigenvalue weighted by Gasteiger charge is -2.41. The van der Waals surface area contributed by atoms with E-state index in [4.69, 9.17) is 5.73 Å². The highest BCUT2D eigenvalue weighted by Gasteiger charge is 2.35. The molecular formula is C10H22N2O. The lowest BCUT2D eigenvalue weighted by atomic mass is 9.86. The summed E-state index contributed by atoms with van der Waals surface area (Å²) < 4.78 is 0. The van der Waals surface area contributed by atoms with Crippen molar-refractivity contribution in [2.24, 2.45) is 11.7 Å². The molecule has 1 heterocycles. The SMILES string of the molecule is CC(C)(C(CN)CO)N1CCCC1. The second-order valence-corrected chi connectivity index (χ2v) is 4.46. The Labute approximate surface area is 80.9 Å². The minimum Gasteiger partial charge on any atom is -0.396 e. The quantitative estimate of drug-likeness (QED) is 0.669. The molecule has 1 atom stereocenters. The van der Waals surface area contributed by atoms with E-state index in [1.807, 2.05) is 0 Å². The van der Waals surface area contributed by atoms with E-state index in [9.17, 15) is 5.11 Å². The maximum atomic E-state index is 9.22. The molecular weight excluding hydrogens is 164 g/mol. The van der Waals surface area contributed by atoms with Gasteiger partial charge in [-0.05, 0) is 46.3 Å². The summed E-state index contributed by atoms with van der Waals surface area (Å²) in [6, 6.07) is 0. The first-order valence-corrected chi connectivity index (χ1v) is 5.19. The third-order valence-corrected chi connectivity index (χ3v) is 3.43. The topological polar surface area (TPSA) is 49.5 Å². The van der Waals surface area contributed by atoms with E-state index in [1.165, 1.54) is 12.8 Å². The number of aliphatic hydroxyl groups excluding tert-OH is 1. The number of nitrogens with zero attached hydrogens (tertiary/aromatic N) is 1. The molecule has 0 saturated carbocycles. The van der Waals surface area contributed by atoms with Crippen LogP contribution in [0.25, 0.3) is 0 Å². The lowest BCUT2D eigenvalue weighted by Crippen LogP contribution is -2.51. The van der Waals surface area contributed by atoms with Gasteiger partial charge in [-0.25, -0.2) is 0 Å². The molecule has 0 bridgehead atoms. The molecule has 0 amide bonds. The van der Waals surface area contributed by atoms with Gasteiger partial charge in [-0.2, -0.15) is 0 Å². The largest absolute Gasteiger partial charge is 0.396 e. The second-order valence-electron chi connectivity index (χ2n) is 4.46. The highest BCUT2D eigenvalue weighted by atomic mass is 16.3. The standard InChI is InChI=1S/C10H22N2O/c1-10(2,9(7-11)8-13)12-5-3-4-6-12/h9,13H,3-8,11H2,1-2H3. The van der Waals surface area contributed by atoms with Gasteiger partial charge in [0.15, 0.2) is 0 Å². The molecule has 0 spiro atoms. The zero-order chi connectivity index (χ0) is 9.90. The van der Waals surface area contributed by atoms with Crippen LogP contribution < -0.4 is 5.73 Å². The Balaban J connectivity index is 2.60. The predicted octanol–water partition coefficient (Wildman–Crippen LogP) is 0.428. The molecule has 3 heteroatoms. The molecule has 0 aromatic heterocycles. The van der Waals surface area contributed by atoms with Gasteiger partial charge in [0.05, 0.1) is 0 Å². The average Bonchev–Trinajstić information content (AvgIpc) is 2.58. The summed E-state index contributed by atoms with van der Waals surface area (Å²) in [5.74, 6) is 0.200. The van der Waals surface area contributed by atoms with Crippen molar-refractivity contribution >= 4 is 0 Å². The van der Waals surface area contributed by atoms with Crippen molar-refractivity contribution < 1.29 is 5.11 Å². The van der Waals surface area contributed by atoms with Gasteiger partial charge < -0.3 is 10.8 Å². The van der Waals surface area contributed by atoms with E-state index in [2.05, 4.69) is 18.7 Å². The van der Waals surface area contributed by atoms with Gasteiger partial charge in [0.1, 0.15) is 0 Å². The normalized spacial score (nSPS) is 22.2. The van der Waals surface area contributed by atoms with Crippen LogP contribution in [0.2, 0.25) is 0 Å². The maximum Gasteiger partial charge on any atom is 0.0488 e. The fourth-order valence-electron chi connectivity index (χ4n) is 2.14. The van der Waals surface area contributed by atoms with Crippen LogP contribution in [0, 0.1) is 5.92 Å². The van der Waals surface area contributed by atoms with E-state index in [0.29, 0.717) is 6.54 Å². The molecule has 3 N–H and O–H groups in total. The van der Waals surface area contributed by atoms with Crippen molar-refractivity contribution in [2.45, 2.75) is 32.2 Å². The average molecular weight is 186 g/mol. The summed E-state index contributed by atoms with van der Waals surface area (Å²) >= 11 is 0. The van der Waals surface area contributed by atoms with Gasteiger partial charge in [0.25, 0.3) is 0 Å². The zero-order valence-electron chi connectivity index (χ0n) is 8.79. The minimum atomic E-state index is 0.0556. The first-order valence-electron chi connectivity index (χ1n) is 5.19. The molecule has 1 unspecified atom stereocenters. The van der Waals surface area contributed by atoms with Crippen LogP contribution in [-0.2, 0) is 0 Å². The summed E-state index contributed by atoms with van der Waals surface area (Å²) in [6.07, 6.45) is 2.57. The lowest BCUT2D eigenvalue weighted by molar-refractivity contribution is 0.0539. The van der Waals surface area contributed by atoms with Crippen LogP contribution in [0.1, 0.15) is 26.7 Å². The van der Waals surface area contributed by atoms with Crippen molar-refractivity contribution in [1.82, 2.24) is 4.90 Å². The number of rotatable bonds is 4. The summed E-state index contributed by atoms with van der Waals surface area (Å²) in [5.41, 5.74) is 5.71. The molecule has 1 saturated heterocycles. The van der Waals surface area contributed by atoms with E-state index in [1.54, 1.807) is 0 Å². The van der Waals surface area contributed by atoms with Crippen molar-refractivity contribution in [3.8, 4) is 0 Å². The van der Waals surface area contributed by atoms with Gasteiger partial charge in [0, 0.05) is 18.1 Å². The zero-order valence-corrected chi connectivity index (χ0v) is 8.79. The molecule has 0 radical (unpaired) electrons. The summed E-state index contributed by atoms with van der Waals surface area (Å²) in [4.78, 5) is 2.45. The first kappa shape index (κ1) is 11.0. The maximum absolute atomic E-state index is 9.22. The minimum absolute atomic E-state index is 0.0556. The Morgan fingerprint density at radius 2 is 1.92 bits per heavy atom. The van der Waals surface area contributed by atoms with Crippen LogP contribution in [-0.4, -0.2) is 41.8 Å². The Bertz CT molecular complexity index is 145. The molecule has 0 aliphatic carbocycles. The van der Waals surface area contributed by atoms with E-state index >= 15 is 0 Å². The van der Waals surface area contributed by atoms with Crippen LogP contribution in [0.4, 0.5) is 0 Å². The number of hydrogen-bond donors (Lipinski definition) is 2. The van der Waals surface area contributed by atoms with Crippen LogP contribution >= 0.6 is 0 Å². The summed E-state index contributed by atoms with van der Waals surface area (Å²) in [6.45, 7) is 7.45. The van der Waals surface area contributed by atoms with Crippen molar-refractivity contribution in [3.05, 3.63) is 0 Å². The molecule has 1 aliphatic heterocycles. The van der Waals surface area contributed by atoms with Crippen LogP contribution in [0.15, 0.2) is 0 Å². The van der Waals surface area contributed by atoms with Gasteiger partial charge in [-0.3, -0.25) is 4.90 Å². The third-order valence-electron chi connectivity index (χ3n) is 3.43. The van der Waals surface area contributed by atoms with Crippen molar-refractivity contribution in [3.63, 3.8) is 0 Å². The fourth-order valence-corrected chi connectivity index (χ4v) is 2.14. The molecule has 3 nitrogen and oxygen atoms in total.